The molecular weight excluding hydrogens is 365 g/mol. The van der Waals surface area contributed by atoms with Gasteiger partial charge in [-0.1, -0.05) is 36.0 Å². The Bertz CT molecular complexity index is 765. The quantitative estimate of drug-likeness (QED) is 0.791. The van der Waals surface area contributed by atoms with Crippen LogP contribution in [0.15, 0.2) is 30.5 Å². The van der Waals surface area contributed by atoms with Crippen molar-refractivity contribution in [2.75, 3.05) is 11.9 Å². The number of hydrogen-bond acceptors (Lipinski definition) is 4. The SMILES string of the molecule is O=C(COC(=O)c1cc(Cl)cc(Cl)c1)Nc1ccnn1C1CCCC1. The summed E-state index contributed by atoms with van der Waals surface area (Å²) in [6.45, 7) is -0.404. The highest BCUT2D eigenvalue weighted by Gasteiger charge is 2.21. The Balaban J connectivity index is 1.56. The first-order chi connectivity index (χ1) is 12.0. The van der Waals surface area contributed by atoms with Gasteiger partial charge in [-0.3, -0.25) is 4.79 Å². The molecule has 1 N–H and O–H groups in total. The predicted octanol–water partition coefficient (Wildman–Crippen LogP) is 4.10. The van der Waals surface area contributed by atoms with Crippen LogP contribution in [0.3, 0.4) is 0 Å². The molecule has 0 bridgehead atoms. The molecule has 1 heterocycles. The molecule has 8 heteroatoms. The van der Waals surface area contributed by atoms with Crippen molar-refractivity contribution in [2.45, 2.75) is 31.7 Å². The van der Waals surface area contributed by atoms with Gasteiger partial charge in [0.1, 0.15) is 5.82 Å². The number of nitrogens with zero attached hydrogens (tertiary/aromatic N) is 2. The van der Waals surface area contributed by atoms with E-state index in [9.17, 15) is 9.59 Å². The van der Waals surface area contributed by atoms with Crippen molar-refractivity contribution < 1.29 is 14.3 Å². The number of amides is 1. The minimum Gasteiger partial charge on any atom is -0.452 e. The van der Waals surface area contributed by atoms with E-state index >= 15 is 0 Å². The largest absolute Gasteiger partial charge is 0.452 e. The molecule has 3 rings (SSSR count). The van der Waals surface area contributed by atoms with E-state index < -0.39 is 18.5 Å². The fourth-order valence-corrected chi connectivity index (χ4v) is 3.44. The van der Waals surface area contributed by atoms with Gasteiger partial charge >= 0.3 is 5.97 Å². The highest BCUT2D eigenvalue weighted by molar-refractivity contribution is 6.35. The van der Waals surface area contributed by atoms with Crippen LogP contribution in [0.1, 0.15) is 42.1 Å². The minimum absolute atomic E-state index is 0.196. The van der Waals surface area contributed by atoms with E-state index in [1.165, 1.54) is 18.2 Å². The van der Waals surface area contributed by atoms with Crippen LogP contribution in [0.5, 0.6) is 0 Å². The van der Waals surface area contributed by atoms with Gasteiger partial charge in [0.15, 0.2) is 6.61 Å². The van der Waals surface area contributed by atoms with Crippen molar-refractivity contribution in [3.63, 3.8) is 0 Å². The van der Waals surface area contributed by atoms with Crippen LogP contribution in [0.2, 0.25) is 10.0 Å². The van der Waals surface area contributed by atoms with Crippen molar-refractivity contribution in [1.29, 1.82) is 0 Å². The van der Waals surface area contributed by atoms with E-state index in [0.29, 0.717) is 21.9 Å². The third-order valence-electron chi connectivity index (χ3n) is 4.04. The zero-order valence-electron chi connectivity index (χ0n) is 13.4. The summed E-state index contributed by atoms with van der Waals surface area (Å²) >= 11 is 11.7. The highest BCUT2D eigenvalue weighted by atomic mass is 35.5. The predicted molar refractivity (Wildman–Crippen MR) is 95.1 cm³/mol. The van der Waals surface area contributed by atoms with Gasteiger partial charge in [-0.2, -0.15) is 5.10 Å². The summed E-state index contributed by atoms with van der Waals surface area (Å²) in [4.78, 5) is 24.1. The number of aromatic nitrogens is 2. The highest BCUT2D eigenvalue weighted by Crippen LogP contribution is 2.31. The van der Waals surface area contributed by atoms with Gasteiger partial charge in [-0.25, -0.2) is 9.48 Å². The molecule has 0 saturated heterocycles. The number of rotatable bonds is 5. The number of hydrogen-bond donors (Lipinski definition) is 1. The molecule has 0 atom stereocenters. The topological polar surface area (TPSA) is 73.2 Å². The minimum atomic E-state index is -0.663. The number of carbonyl (C=O) groups is 2. The van der Waals surface area contributed by atoms with Gasteiger partial charge in [0.05, 0.1) is 17.8 Å². The van der Waals surface area contributed by atoms with E-state index in [0.717, 1.165) is 25.7 Å². The second kappa shape index (κ2) is 7.89. The van der Waals surface area contributed by atoms with Crippen LogP contribution in [0.4, 0.5) is 5.82 Å². The molecule has 0 spiro atoms. The van der Waals surface area contributed by atoms with Crippen molar-refractivity contribution in [2.24, 2.45) is 0 Å². The van der Waals surface area contributed by atoms with Gasteiger partial charge in [0.25, 0.3) is 5.91 Å². The lowest BCUT2D eigenvalue weighted by molar-refractivity contribution is -0.119. The first-order valence-corrected chi connectivity index (χ1v) is 8.75. The molecular formula is C17H17Cl2N3O3. The number of benzene rings is 1. The third kappa shape index (κ3) is 4.52. The van der Waals surface area contributed by atoms with Crippen LogP contribution < -0.4 is 5.32 Å². The third-order valence-corrected chi connectivity index (χ3v) is 4.48. The summed E-state index contributed by atoms with van der Waals surface area (Å²) in [5.74, 6) is -0.483. The Morgan fingerprint density at radius 2 is 1.88 bits per heavy atom. The molecule has 1 saturated carbocycles. The maximum Gasteiger partial charge on any atom is 0.338 e. The van der Waals surface area contributed by atoms with Crippen LogP contribution in [0.25, 0.3) is 0 Å². The van der Waals surface area contributed by atoms with E-state index in [4.69, 9.17) is 27.9 Å². The van der Waals surface area contributed by atoms with E-state index in [1.807, 2.05) is 4.68 Å². The molecule has 1 aliphatic carbocycles. The van der Waals surface area contributed by atoms with Crippen LogP contribution in [0, 0.1) is 0 Å². The number of anilines is 1. The zero-order valence-corrected chi connectivity index (χ0v) is 14.9. The second-order valence-corrected chi connectivity index (χ2v) is 6.75. The normalized spacial score (nSPS) is 14.5. The lowest BCUT2D eigenvalue weighted by Crippen LogP contribution is -2.23. The average molecular weight is 382 g/mol. The zero-order chi connectivity index (χ0) is 17.8. The number of nitrogens with one attached hydrogen (secondary N) is 1. The molecule has 0 unspecified atom stereocenters. The first kappa shape index (κ1) is 17.8. The lowest BCUT2D eigenvalue weighted by atomic mass is 10.2. The molecule has 132 valence electrons. The number of carbonyl (C=O) groups excluding carboxylic acids is 2. The molecule has 25 heavy (non-hydrogen) atoms. The molecule has 1 aromatic heterocycles. The van der Waals surface area contributed by atoms with Gasteiger partial charge < -0.3 is 10.1 Å². The molecule has 0 aliphatic heterocycles. The van der Waals surface area contributed by atoms with Crippen LogP contribution in [-0.2, 0) is 9.53 Å². The first-order valence-electron chi connectivity index (χ1n) is 7.99. The summed E-state index contributed by atoms with van der Waals surface area (Å²) < 4.78 is 6.84. The van der Waals surface area contributed by atoms with Crippen molar-refractivity contribution in [3.05, 3.63) is 46.1 Å². The monoisotopic (exact) mass is 381 g/mol. The lowest BCUT2D eigenvalue weighted by Gasteiger charge is -2.14. The second-order valence-electron chi connectivity index (χ2n) is 5.88. The van der Waals surface area contributed by atoms with E-state index in [-0.39, 0.29) is 5.56 Å². The van der Waals surface area contributed by atoms with E-state index in [2.05, 4.69) is 10.4 Å². The maximum atomic E-state index is 12.1. The van der Waals surface area contributed by atoms with Gasteiger partial charge in [-0.05, 0) is 31.0 Å². The molecule has 2 aromatic rings. The van der Waals surface area contributed by atoms with Crippen molar-refractivity contribution in [1.82, 2.24) is 9.78 Å². The molecule has 1 fully saturated rings. The van der Waals surface area contributed by atoms with Crippen LogP contribution in [-0.4, -0.2) is 28.3 Å². The number of halogens is 2. The molecule has 0 radical (unpaired) electrons. The Morgan fingerprint density at radius 3 is 2.56 bits per heavy atom. The maximum absolute atomic E-state index is 12.1. The Hall–Kier alpha value is -2.05. The fraction of sp³-hybridized carbons (Fsp3) is 0.353. The van der Waals surface area contributed by atoms with Crippen molar-refractivity contribution in [3.8, 4) is 0 Å². The van der Waals surface area contributed by atoms with Gasteiger partial charge in [-0.15, -0.1) is 0 Å². The molecule has 1 aliphatic rings. The fourth-order valence-electron chi connectivity index (χ4n) is 2.92. The van der Waals surface area contributed by atoms with Crippen molar-refractivity contribution >= 4 is 40.9 Å². The number of ether oxygens (including phenoxy) is 1. The van der Waals surface area contributed by atoms with Gasteiger partial charge in [0, 0.05) is 16.1 Å². The molecule has 6 nitrogen and oxygen atoms in total. The van der Waals surface area contributed by atoms with Gasteiger partial charge in [0.2, 0.25) is 0 Å². The Labute approximate surface area is 155 Å². The smallest absolute Gasteiger partial charge is 0.338 e. The summed E-state index contributed by atoms with van der Waals surface area (Å²) in [6.07, 6.45) is 6.08. The Morgan fingerprint density at radius 1 is 1.20 bits per heavy atom. The standard InChI is InChI=1S/C17H17Cl2N3O3/c18-12-7-11(8-13(19)9-12)17(24)25-10-16(23)21-15-5-6-20-22(15)14-3-1-2-4-14/h5-9,14H,1-4,10H2,(H,21,23). The summed E-state index contributed by atoms with van der Waals surface area (Å²) in [7, 11) is 0. The molecule has 1 aromatic carbocycles. The molecule has 1 amide bonds. The summed E-state index contributed by atoms with van der Waals surface area (Å²) in [5.41, 5.74) is 0.196. The summed E-state index contributed by atoms with van der Waals surface area (Å²) in [6, 6.07) is 6.42. The Kier molecular flexibility index (Phi) is 5.60. The van der Waals surface area contributed by atoms with E-state index in [1.54, 1.807) is 12.3 Å². The van der Waals surface area contributed by atoms with Crippen LogP contribution >= 0.6 is 23.2 Å². The average Bonchev–Trinajstić information content (AvgIpc) is 3.22. The number of esters is 1. The summed E-state index contributed by atoms with van der Waals surface area (Å²) in [5, 5.41) is 7.65.